The molecule has 0 radical (unpaired) electrons. The summed E-state index contributed by atoms with van der Waals surface area (Å²) in [6.07, 6.45) is 0.940. The van der Waals surface area contributed by atoms with E-state index >= 15 is 0 Å². The van der Waals surface area contributed by atoms with E-state index in [9.17, 15) is 14.7 Å². The van der Waals surface area contributed by atoms with Gasteiger partial charge in [-0.25, -0.2) is 9.59 Å². The van der Waals surface area contributed by atoms with Crippen LogP contribution in [0.3, 0.4) is 0 Å². The molecule has 0 aliphatic carbocycles. The van der Waals surface area contributed by atoms with Crippen molar-refractivity contribution in [2.24, 2.45) is 0 Å². The van der Waals surface area contributed by atoms with Crippen LogP contribution in [0.1, 0.15) is 13.3 Å². The van der Waals surface area contributed by atoms with Crippen molar-refractivity contribution >= 4 is 23.8 Å². The molecule has 0 aromatic rings. The van der Waals surface area contributed by atoms with Gasteiger partial charge in [0.25, 0.3) is 0 Å². The highest BCUT2D eigenvalue weighted by Gasteiger charge is 2.41. The van der Waals surface area contributed by atoms with Crippen LogP contribution in [0.5, 0.6) is 0 Å². The van der Waals surface area contributed by atoms with Crippen molar-refractivity contribution in [3.63, 3.8) is 0 Å². The van der Waals surface area contributed by atoms with Gasteiger partial charge in [-0.3, -0.25) is 4.90 Å². The van der Waals surface area contributed by atoms with Crippen LogP contribution < -0.4 is 0 Å². The van der Waals surface area contributed by atoms with E-state index in [4.69, 9.17) is 0 Å². The normalized spacial score (nSPS) is 29.4. The third-order valence-electron chi connectivity index (χ3n) is 3.72. The highest BCUT2D eigenvalue weighted by Crippen LogP contribution is 2.30. The van der Waals surface area contributed by atoms with Gasteiger partial charge >= 0.3 is 12.0 Å². The molecule has 108 valence electrons. The van der Waals surface area contributed by atoms with E-state index < -0.39 is 12.0 Å². The first-order valence-electron chi connectivity index (χ1n) is 6.61. The molecule has 0 bridgehead atoms. The fourth-order valence-electron chi connectivity index (χ4n) is 2.52. The number of urea groups is 1. The van der Waals surface area contributed by atoms with E-state index in [-0.39, 0.29) is 11.4 Å². The molecular formula is C12H21N3O3S. The fraction of sp³-hybridized carbons (Fsp3) is 0.833. The number of amides is 2. The van der Waals surface area contributed by atoms with Crippen LogP contribution >= 0.6 is 11.8 Å². The quantitative estimate of drug-likeness (QED) is 0.765. The number of carbonyl (C=O) groups excluding carboxylic acids is 1. The standard InChI is InChI=1S/C12H21N3O3S/c1-9-15(10(8-19-9)11(16)17)12(18)14-5-3-4-13(2)6-7-14/h9-10H,3-8H2,1-2H3,(H,16,17). The minimum atomic E-state index is -0.905. The maximum Gasteiger partial charge on any atom is 0.327 e. The molecule has 2 fully saturated rings. The lowest BCUT2D eigenvalue weighted by molar-refractivity contribution is -0.141. The molecule has 6 nitrogen and oxygen atoms in total. The molecule has 0 aromatic heterocycles. The predicted octanol–water partition coefficient (Wildman–Crippen LogP) is 0.592. The first-order chi connectivity index (χ1) is 9.00. The van der Waals surface area contributed by atoms with Crippen molar-refractivity contribution in [2.75, 3.05) is 39.0 Å². The summed E-state index contributed by atoms with van der Waals surface area (Å²) >= 11 is 1.53. The summed E-state index contributed by atoms with van der Waals surface area (Å²) in [5.41, 5.74) is 0. The highest BCUT2D eigenvalue weighted by molar-refractivity contribution is 8.00. The Labute approximate surface area is 117 Å². The molecule has 2 aliphatic heterocycles. The summed E-state index contributed by atoms with van der Waals surface area (Å²) in [6, 6.07) is -0.811. The molecule has 19 heavy (non-hydrogen) atoms. The molecule has 1 N–H and O–H groups in total. The largest absolute Gasteiger partial charge is 0.480 e. The summed E-state index contributed by atoms with van der Waals surface area (Å²) in [6.45, 7) is 5.11. The lowest BCUT2D eigenvalue weighted by Crippen LogP contribution is -2.51. The van der Waals surface area contributed by atoms with Crippen molar-refractivity contribution in [1.82, 2.24) is 14.7 Å². The number of thioether (sulfide) groups is 1. The van der Waals surface area contributed by atoms with Crippen LogP contribution in [0.2, 0.25) is 0 Å². The number of carboxylic acids is 1. The first kappa shape index (κ1) is 14.5. The van der Waals surface area contributed by atoms with Gasteiger partial charge in [-0.1, -0.05) is 0 Å². The molecule has 2 amide bonds. The SMILES string of the molecule is CC1SCC(C(=O)O)N1C(=O)N1CCCN(C)CC1. The molecular weight excluding hydrogens is 266 g/mol. The van der Waals surface area contributed by atoms with Crippen molar-refractivity contribution in [3.05, 3.63) is 0 Å². The highest BCUT2D eigenvalue weighted by atomic mass is 32.2. The monoisotopic (exact) mass is 287 g/mol. The van der Waals surface area contributed by atoms with E-state index in [2.05, 4.69) is 4.90 Å². The Kier molecular flexibility index (Phi) is 4.57. The van der Waals surface area contributed by atoms with Crippen LogP contribution in [-0.2, 0) is 4.79 Å². The van der Waals surface area contributed by atoms with Gasteiger partial charge in [0.1, 0.15) is 6.04 Å². The predicted molar refractivity (Wildman–Crippen MR) is 74.3 cm³/mol. The fourth-order valence-corrected chi connectivity index (χ4v) is 3.69. The Morgan fingerprint density at radius 2 is 1.95 bits per heavy atom. The maximum absolute atomic E-state index is 12.5. The Morgan fingerprint density at radius 1 is 1.21 bits per heavy atom. The Morgan fingerprint density at radius 3 is 2.63 bits per heavy atom. The second-order valence-electron chi connectivity index (χ2n) is 5.12. The van der Waals surface area contributed by atoms with E-state index in [1.54, 1.807) is 4.90 Å². The number of aliphatic carboxylic acids is 1. The van der Waals surface area contributed by atoms with Crippen LogP contribution in [-0.4, -0.2) is 82.2 Å². The van der Waals surface area contributed by atoms with Crippen molar-refractivity contribution in [3.8, 4) is 0 Å². The summed E-state index contributed by atoms with van der Waals surface area (Å²) in [4.78, 5) is 29.3. The van der Waals surface area contributed by atoms with Gasteiger partial charge in [0, 0.05) is 25.4 Å². The number of carboxylic acid groups (broad SMARTS) is 1. The molecule has 2 atom stereocenters. The average molecular weight is 287 g/mol. The van der Waals surface area contributed by atoms with Gasteiger partial charge in [0.15, 0.2) is 0 Å². The molecule has 7 heteroatoms. The third-order valence-corrected chi connectivity index (χ3v) is 4.94. The van der Waals surface area contributed by atoms with Gasteiger partial charge in [-0.2, -0.15) is 0 Å². The Hall–Kier alpha value is -0.950. The van der Waals surface area contributed by atoms with Crippen LogP contribution in [0, 0.1) is 0 Å². The number of likely N-dealkylation sites (N-methyl/N-ethyl adjacent to an activating group) is 1. The lowest BCUT2D eigenvalue weighted by atomic mass is 10.3. The number of hydrogen-bond acceptors (Lipinski definition) is 4. The van der Waals surface area contributed by atoms with Gasteiger partial charge < -0.3 is 14.9 Å². The van der Waals surface area contributed by atoms with Gasteiger partial charge in [-0.15, -0.1) is 11.8 Å². The summed E-state index contributed by atoms with van der Waals surface area (Å²) in [5.74, 6) is -0.423. The van der Waals surface area contributed by atoms with Crippen molar-refractivity contribution < 1.29 is 14.7 Å². The molecule has 2 unspecified atom stereocenters. The van der Waals surface area contributed by atoms with Gasteiger partial charge in [0.2, 0.25) is 0 Å². The van der Waals surface area contributed by atoms with E-state index in [0.29, 0.717) is 18.8 Å². The second kappa shape index (κ2) is 6.00. The van der Waals surface area contributed by atoms with Crippen LogP contribution in [0.4, 0.5) is 4.79 Å². The van der Waals surface area contributed by atoms with Crippen LogP contribution in [0.15, 0.2) is 0 Å². The summed E-state index contributed by atoms with van der Waals surface area (Å²) in [7, 11) is 2.04. The lowest BCUT2D eigenvalue weighted by Gasteiger charge is -2.31. The minimum Gasteiger partial charge on any atom is -0.480 e. The topological polar surface area (TPSA) is 64.1 Å². The summed E-state index contributed by atoms with van der Waals surface area (Å²) < 4.78 is 0. The minimum absolute atomic E-state index is 0.0606. The number of hydrogen-bond donors (Lipinski definition) is 1. The Bertz CT molecular complexity index is 366. The van der Waals surface area contributed by atoms with Gasteiger partial charge in [0.05, 0.1) is 5.37 Å². The molecule has 0 aromatic carbocycles. The second-order valence-corrected chi connectivity index (χ2v) is 6.47. The average Bonchev–Trinajstić information content (AvgIpc) is 2.61. The number of nitrogens with zero attached hydrogens (tertiary/aromatic N) is 3. The third kappa shape index (κ3) is 3.14. The summed E-state index contributed by atoms with van der Waals surface area (Å²) in [5, 5.41) is 9.15. The zero-order valence-electron chi connectivity index (χ0n) is 11.4. The molecule has 2 rings (SSSR count). The zero-order valence-corrected chi connectivity index (χ0v) is 12.2. The van der Waals surface area contributed by atoms with E-state index in [1.165, 1.54) is 16.7 Å². The molecule has 0 saturated carbocycles. The zero-order chi connectivity index (χ0) is 14.0. The number of carbonyl (C=O) groups is 2. The van der Waals surface area contributed by atoms with E-state index in [0.717, 1.165) is 19.5 Å². The molecule has 2 aliphatic rings. The molecule has 2 heterocycles. The van der Waals surface area contributed by atoms with Crippen LogP contribution in [0.25, 0.3) is 0 Å². The van der Waals surface area contributed by atoms with Crippen molar-refractivity contribution in [1.29, 1.82) is 0 Å². The van der Waals surface area contributed by atoms with Crippen molar-refractivity contribution in [2.45, 2.75) is 24.8 Å². The first-order valence-corrected chi connectivity index (χ1v) is 7.65. The smallest absolute Gasteiger partial charge is 0.327 e. The maximum atomic E-state index is 12.5. The van der Waals surface area contributed by atoms with Gasteiger partial charge in [-0.05, 0) is 26.9 Å². The molecule has 0 spiro atoms. The Balaban J connectivity index is 2.06. The number of rotatable bonds is 1. The molecule has 2 saturated heterocycles. The van der Waals surface area contributed by atoms with E-state index in [1.807, 2.05) is 14.0 Å².